The van der Waals surface area contributed by atoms with Crippen LogP contribution >= 0.6 is 0 Å². The minimum absolute atomic E-state index is 0.0542. The zero-order valence-corrected chi connectivity index (χ0v) is 7.64. The highest BCUT2D eigenvalue weighted by molar-refractivity contribution is 5.80. The van der Waals surface area contributed by atoms with E-state index in [4.69, 9.17) is 0 Å². The highest BCUT2D eigenvalue weighted by atomic mass is 16.4. The smallest absolute Gasteiger partial charge is 0.0480 e. The third-order valence-corrected chi connectivity index (χ3v) is 2.24. The fourth-order valence-electron chi connectivity index (χ4n) is 1.55. The Labute approximate surface area is 81.6 Å². The molecule has 0 bridgehead atoms. The third-order valence-electron chi connectivity index (χ3n) is 2.24. The lowest BCUT2D eigenvalue weighted by Gasteiger charge is -2.05. The van der Waals surface area contributed by atoms with Gasteiger partial charge in [-0.3, -0.25) is 0 Å². The van der Waals surface area contributed by atoms with Gasteiger partial charge in [-0.15, -0.1) is 0 Å². The van der Waals surface area contributed by atoms with E-state index in [1.165, 1.54) is 0 Å². The monoisotopic (exact) mass is 188 g/mol. The van der Waals surface area contributed by atoms with Crippen LogP contribution in [0, 0.1) is 0 Å². The Morgan fingerprint density at radius 2 is 2.07 bits per heavy atom. The topological polar surface area (TPSA) is 45.1 Å². The molecule has 1 aromatic heterocycles. The molecule has 0 N–H and O–H groups in total. The van der Waals surface area contributed by atoms with Gasteiger partial charge in [-0.25, -0.2) is 0 Å². The maximum absolute atomic E-state index is 10.3. The number of hydrogen-bond acceptors (Lipinski definition) is 2. The summed E-state index contributed by atoms with van der Waals surface area (Å²) in [5.74, 6) is -1.01. The third kappa shape index (κ3) is 1.62. The van der Waals surface area contributed by atoms with Crippen LogP contribution in [0.25, 0.3) is 10.9 Å². The van der Waals surface area contributed by atoms with Gasteiger partial charge in [-0.1, -0.05) is 18.2 Å². The summed E-state index contributed by atoms with van der Waals surface area (Å²) >= 11 is 0. The van der Waals surface area contributed by atoms with Crippen LogP contribution in [0.2, 0.25) is 0 Å². The van der Waals surface area contributed by atoms with Crippen molar-refractivity contribution in [2.45, 2.75) is 13.0 Å². The van der Waals surface area contributed by atoms with Crippen LogP contribution in [0.1, 0.15) is 6.42 Å². The molecule has 1 aromatic carbocycles. The molecule has 2 rings (SSSR count). The second-order valence-electron chi connectivity index (χ2n) is 3.19. The molecule has 0 aliphatic carbocycles. The first-order valence-corrected chi connectivity index (χ1v) is 4.51. The van der Waals surface area contributed by atoms with Crippen LogP contribution in [0.4, 0.5) is 0 Å². The molecule has 0 spiro atoms. The quantitative estimate of drug-likeness (QED) is 0.714. The highest BCUT2D eigenvalue weighted by Gasteiger charge is 1.98. The minimum atomic E-state index is -1.01. The Hall–Kier alpha value is -1.77. The van der Waals surface area contributed by atoms with Crippen molar-refractivity contribution in [1.29, 1.82) is 0 Å². The molecule has 0 radical (unpaired) electrons. The standard InChI is InChI=1S/C11H11NO2/c13-11(14)6-8-12-7-5-9-3-1-2-4-10(9)12/h1-5,7H,6,8H2,(H,13,14)/p-1. The Morgan fingerprint density at radius 1 is 1.29 bits per heavy atom. The van der Waals surface area contributed by atoms with Gasteiger partial charge in [0.1, 0.15) is 0 Å². The highest BCUT2D eigenvalue weighted by Crippen LogP contribution is 2.14. The number of aliphatic carboxylic acids is 1. The number of carboxylic acids is 1. The average Bonchev–Trinajstić information content (AvgIpc) is 2.58. The van der Waals surface area contributed by atoms with Crippen LogP contribution in [0.5, 0.6) is 0 Å². The van der Waals surface area contributed by atoms with Crippen molar-refractivity contribution in [1.82, 2.24) is 4.57 Å². The lowest BCUT2D eigenvalue weighted by Crippen LogP contribution is -2.23. The van der Waals surface area contributed by atoms with Gasteiger partial charge in [0.2, 0.25) is 0 Å². The van der Waals surface area contributed by atoms with Crippen molar-refractivity contribution in [3.8, 4) is 0 Å². The number of benzene rings is 1. The van der Waals surface area contributed by atoms with Crippen LogP contribution in [-0.2, 0) is 11.3 Å². The first kappa shape index (κ1) is 8.81. The van der Waals surface area contributed by atoms with Gasteiger partial charge in [0, 0.05) is 30.6 Å². The summed E-state index contributed by atoms with van der Waals surface area (Å²) in [5, 5.41) is 11.4. The van der Waals surface area contributed by atoms with Gasteiger partial charge < -0.3 is 14.5 Å². The van der Waals surface area contributed by atoms with E-state index < -0.39 is 5.97 Å². The molecule has 0 amide bonds. The SMILES string of the molecule is O=C([O-])CCn1ccc2ccccc21. The zero-order chi connectivity index (χ0) is 9.97. The molecule has 0 aliphatic rings. The maximum Gasteiger partial charge on any atom is 0.0480 e. The fraction of sp³-hybridized carbons (Fsp3) is 0.182. The summed E-state index contributed by atoms with van der Waals surface area (Å²) in [6.45, 7) is 0.468. The van der Waals surface area contributed by atoms with Gasteiger partial charge in [-0.05, 0) is 17.5 Å². The second kappa shape index (κ2) is 3.54. The number of fused-ring (bicyclic) bond motifs is 1. The van der Waals surface area contributed by atoms with Gasteiger partial charge in [0.15, 0.2) is 0 Å². The summed E-state index contributed by atoms with van der Waals surface area (Å²) in [6, 6.07) is 9.86. The van der Waals surface area contributed by atoms with E-state index in [9.17, 15) is 9.90 Å². The lowest BCUT2D eigenvalue weighted by molar-refractivity contribution is -0.305. The molecule has 1 heterocycles. The Kier molecular flexibility index (Phi) is 2.23. The van der Waals surface area contributed by atoms with E-state index in [1.807, 2.05) is 41.1 Å². The number of para-hydroxylation sites is 1. The van der Waals surface area contributed by atoms with Crippen molar-refractivity contribution in [2.75, 3.05) is 0 Å². The van der Waals surface area contributed by atoms with E-state index in [0.29, 0.717) is 6.54 Å². The van der Waals surface area contributed by atoms with Crippen molar-refractivity contribution < 1.29 is 9.90 Å². The molecular formula is C11H10NO2-. The summed E-state index contributed by atoms with van der Waals surface area (Å²) < 4.78 is 1.92. The first-order valence-electron chi connectivity index (χ1n) is 4.51. The molecule has 0 atom stereocenters. The van der Waals surface area contributed by atoms with Crippen molar-refractivity contribution in [3.05, 3.63) is 36.5 Å². The van der Waals surface area contributed by atoms with E-state index in [-0.39, 0.29) is 6.42 Å². The van der Waals surface area contributed by atoms with E-state index in [0.717, 1.165) is 10.9 Å². The number of aromatic nitrogens is 1. The Balaban J connectivity index is 2.29. The van der Waals surface area contributed by atoms with E-state index in [1.54, 1.807) is 0 Å². The minimum Gasteiger partial charge on any atom is -0.550 e. The summed E-state index contributed by atoms with van der Waals surface area (Å²) in [6.07, 6.45) is 1.95. The van der Waals surface area contributed by atoms with Crippen LogP contribution < -0.4 is 5.11 Å². The zero-order valence-electron chi connectivity index (χ0n) is 7.64. The van der Waals surface area contributed by atoms with Gasteiger partial charge in [0.05, 0.1) is 0 Å². The number of nitrogens with zero attached hydrogens (tertiary/aromatic N) is 1. The van der Waals surface area contributed by atoms with Gasteiger partial charge >= 0.3 is 0 Å². The molecular weight excluding hydrogens is 178 g/mol. The average molecular weight is 188 g/mol. The number of rotatable bonds is 3. The van der Waals surface area contributed by atoms with Crippen LogP contribution in [0.3, 0.4) is 0 Å². The molecule has 0 saturated heterocycles. The van der Waals surface area contributed by atoms with Crippen molar-refractivity contribution in [2.24, 2.45) is 0 Å². The summed E-state index contributed by atoms with van der Waals surface area (Å²) in [7, 11) is 0. The summed E-state index contributed by atoms with van der Waals surface area (Å²) in [4.78, 5) is 10.3. The molecule has 2 aromatic rings. The van der Waals surface area contributed by atoms with Crippen molar-refractivity contribution >= 4 is 16.9 Å². The molecule has 72 valence electrons. The molecule has 0 fully saturated rings. The van der Waals surface area contributed by atoms with Crippen LogP contribution in [-0.4, -0.2) is 10.5 Å². The predicted octanol–water partition coefficient (Wildman–Crippen LogP) is 0.781. The van der Waals surface area contributed by atoms with Gasteiger partial charge in [-0.2, -0.15) is 0 Å². The van der Waals surface area contributed by atoms with Gasteiger partial charge in [0.25, 0.3) is 0 Å². The second-order valence-corrected chi connectivity index (χ2v) is 3.19. The molecule has 14 heavy (non-hydrogen) atoms. The number of carbonyl (C=O) groups is 1. The molecule has 0 unspecified atom stereocenters. The Bertz CT molecular complexity index is 459. The predicted molar refractivity (Wildman–Crippen MR) is 51.6 cm³/mol. The molecule has 0 aliphatic heterocycles. The van der Waals surface area contributed by atoms with E-state index >= 15 is 0 Å². The number of carboxylic acid groups (broad SMARTS) is 1. The van der Waals surface area contributed by atoms with Crippen LogP contribution in [0.15, 0.2) is 36.5 Å². The van der Waals surface area contributed by atoms with Crippen molar-refractivity contribution in [3.63, 3.8) is 0 Å². The fourth-order valence-corrected chi connectivity index (χ4v) is 1.55. The number of carbonyl (C=O) groups excluding carboxylic acids is 1. The Morgan fingerprint density at radius 3 is 2.86 bits per heavy atom. The molecule has 3 heteroatoms. The molecule has 0 saturated carbocycles. The maximum atomic E-state index is 10.3. The summed E-state index contributed by atoms with van der Waals surface area (Å²) in [5.41, 5.74) is 1.06. The lowest BCUT2D eigenvalue weighted by atomic mass is 10.2. The number of aryl methyl sites for hydroxylation is 1. The van der Waals surface area contributed by atoms with E-state index in [2.05, 4.69) is 0 Å². The normalized spacial score (nSPS) is 10.6. The molecule has 3 nitrogen and oxygen atoms in total. The first-order chi connectivity index (χ1) is 6.77. The largest absolute Gasteiger partial charge is 0.550 e. The number of hydrogen-bond donors (Lipinski definition) is 0.